The Morgan fingerprint density at radius 2 is 1.88 bits per heavy atom. The number of hydrogen-bond acceptors (Lipinski definition) is 2. The molecule has 0 unspecified atom stereocenters. The maximum Gasteiger partial charge on any atom is 0.416 e. The van der Waals surface area contributed by atoms with E-state index in [4.69, 9.17) is 11.6 Å². The van der Waals surface area contributed by atoms with Crippen LogP contribution in [0.2, 0.25) is 5.02 Å². The van der Waals surface area contributed by atoms with Crippen molar-refractivity contribution in [3.05, 3.63) is 75.2 Å². The Kier molecular flexibility index (Phi) is 5.34. The summed E-state index contributed by atoms with van der Waals surface area (Å²) in [4.78, 5) is 13.7. The van der Waals surface area contributed by atoms with E-state index in [2.05, 4.69) is 0 Å². The molecule has 0 aliphatic carbocycles. The number of pyridine rings is 1. The Balaban J connectivity index is 2.08. The van der Waals surface area contributed by atoms with E-state index in [-0.39, 0.29) is 11.9 Å². The van der Waals surface area contributed by atoms with Crippen molar-refractivity contribution in [2.24, 2.45) is 0 Å². The first-order chi connectivity index (χ1) is 12.3. The Labute approximate surface area is 157 Å². The maximum atomic E-state index is 13.0. The molecule has 0 fully saturated rings. The largest absolute Gasteiger partial charge is 0.416 e. The molecule has 0 N–H and O–H groups in total. The number of fused-ring (bicyclic) bond motifs is 1. The molecule has 3 rings (SSSR count). The number of halogens is 4. The highest BCUT2D eigenvalue weighted by atomic mass is 35.5. The molecular formula is C19H15ClF3NOS. The number of thioether (sulfide) groups is 1. The molecule has 1 aromatic heterocycles. The summed E-state index contributed by atoms with van der Waals surface area (Å²) in [5.41, 5.74) is -0.427. The summed E-state index contributed by atoms with van der Waals surface area (Å²) in [5, 5.41) is 1.08. The van der Waals surface area contributed by atoms with Crippen molar-refractivity contribution in [3.8, 4) is 0 Å². The van der Waals surface area contributed by atoms with Gasteiger partial charge in [-0.2, -0.15) is 13.2 Å². The van der Waals surface area contributed by atoms with Crippen LogP contribution >= 0.6 is 23.4 Å². The van der Waals surface area contributed by atoms with Crippen LogP contribution in [0.4, 0.5) is 13.2 Å². The Hall–Kier alpha value is -1.92. The predicted octanol–water partition coefficient (Wildman–Crippen LogP) is 5.83. The molecule has 1 heterocycles. The molecular weight excluding hydrogens is 383 g/mol. The fourth-order valence-corrected chi connectivity index (χ4v) is 3.71. The standard InChI is InChI=1S/C19H15ClF3NOS/c1-2-26-17-6-5-15(20)9-13(17)11-24-8-7-12-3-4-14(19(21,22)23)10-16(12)18(24)25/h3-10H,2,11H2,1H3. The summed E-state index contributed by atoms with van der Waals surface area (Å²) < 4.78 is 40.3. The minimum Gasteiger partial charge on any atom is -0.311 e. The third-order valence-corrected chi connectivity index (χ3v) is 5.20. The van der Waals surface area contributed by atoms with Crippen molar-refractivity contribution < 1.29 is 13.2 Å². The van der Waals surface area contributed by atoms with Crippen LogP contribution in [0.3, 0.4) is 0 Å². The molecule has 0 aliphatic rings. The van der Waals surface area contributed by atoms with Gasteiger partial charge in [0, 0.05) is 21.5 Å². The van der Waals surface area contributed by atoms with Crippen molar-refractivity contribution in [3.63, 3.8) is 0 Å². The molecule has 0 radical (unpaired) electrons. The third kappa shape index (κ3) is 3.91. The molecule has 3 aromatic rings. The Morgan fingerprint density at radius 3 is 2.58 bits per heavy atom. The maximum absolute atomic E-state index is 13.0. The molecule has 2 nitrogen and oxygen atoms in total. The lowest BCUT2D eigenvalue weighted by Gasteiger charge is -2.13. The second-order valence-electron chi connectivity index (χ2n) is 5.73. The van der Waals surface area contributed by atoms with Crippen molar-refractivity contribution in [1.82, 2.24) is 4.57 Å². The van der Waals surface area contributed by atoms with E-state index in [1.54, 1.807) is 36.2 Å². The Morgan fingerprint density at radius 1 is 1.12 bits per heavy atom. The van der Waals surface area contributed by atoms with Gasteiger partial charge in [-0.25, -0.2) is 0 Å². The van der Waals surface area contributed by atoms with Gasteiger partial charge in [0.05, 0.1) is 12.1 Å². The molecule has 136 valence electrons. The van der Waals surface area contributed by atoms with Gasteiger partial charge in [0.25, 0.3) is 5.56 Å². The van der Waals surface area contributed by atoms with E-state index in [1.807, 2.05) is 13.0 Å². The minimum atomic E-state index is -4.49. The summed E-state index contributed by atoms with van der Waals surface area (Å²) >= 11 is 7.69. The van der Waals surface area contributed by atoms with E-state index in [0.29, 0.717) is 10.4 Å². The summed E-state index contributed by atoms with van der Waals surface area (Å²) in [5.74, 6) is 0.857. The van der Waals surface area contributed by atoms with Gasteiger partial charge < -0.3 is 4.57 Å². The smallest absolute Gasteiger partial charge is 0.311 e. The highest BCUT2D eigenvalue weighted by Gasteiger charge is 2.30. The quantitative estimate of drug-likeness (QED) is 0.516. The average Bonchev–Trinajstić information content (AvgIpc) is 2.59. The van der Waals surface area contributed by atoms with E-state index in [0.717, 1.165) is 28.3 Å². The fourth-order valence-electron chi connectivity index (χ4n) is 2.73. The summed E-state index contributed by atoms with van der Waals surface area (Å²) in [6, 6.07) is 10.3. The molecule has 0 saturated carbocycles. The van der Waals surface area contributed by atoms with Gasteiger partial charge in [0.2, 0.25) is 0 Å². The van der Waals surface area contributed by atoms with E-state index >= 15 is 0 Å². The number of aromatic nitrogens is 1. The predicted molar refractivity (Wildman–Crippen MR) is 100 cm³/mol. The average molecular weight is 398 g/mol. The van der Waals surface area contributed by atoms with Gasteiger partial charge in [-0.05, 0) is 53.1 Å². The highest BCUT2D eigenvalue weighted by Crippen LogP contribution is 2.31. The highest BCUT2D eigenvalue weighted by molar-refractivity contribution is 7.99. The van der Waals surface area contributed by atoms with Crippen LogP contribution in [-0.2, 0) is 12.7 Å². The van der Waals surface area contributed by atoms with E-state index in [9.17, 15) is 18.0 Å². The second kappa shape index (κ2) is 7.37. The van der Waals surface area contributed by atoms with Gasteiger partial charge in [-0.3, -0.25) is 4.79 Å². The lowest BCUT2D eigenvalue weighted by molar-refractivity contribution is -0.137. The number of alkyl halides is 3. The first-order valence-corrected chi connectivity index (χ1v) is 9.27. The number of nitrogens with zero attached hydrogens (tertiary/aromatic N) is 1. The number of rotatable bonds is 4. The zero-order valence-electron chi connectivity index (χ0n) is 13.8. The number of hydrogen-bond donors (Lipinski definition) is 0. The monoisotopic (exact) mass is 397 g/mol. The summed E-state index contributed by atoms with van der Waals surface area (Å²) in [6.45, 7) is 2.26. The first kappa shape index (κ1) is 18.9. The second-order valence-corrected chi connectivity index (χ2v) is 7.48. The lowest BCUT2D eigenvalue weighted by atomic mass is 10.1. The zero-order chi connectivity index (χ0) is 18.9. The minimum absolute atomic E-state index is 0.0500. The van der Waals surface area contributed by atoms with Crippen LogP contribution in [0, 0.1) is 0 Å². The van der Waals surface area contributed by atoms with Crippen molar-refractivity contribution in [2.45, 2.75) is 24.5 Å². The Bertz CT molecular complexity index is 1010. The lowest BCUT2D eigenvalue weighted by Crippen LogP contribution is -2.21. The van der Waals surface area contributed by atoms with Crippen LogP contribution in [0.25, 0.3) is 10.8 Å². The van der Waals surface area contributed by atoms with Gasteiger partial charge in [0.15, 0.2) is 0 Å². The molecule has 2 aromatic carbocycles. The molecule has 0 atom stereocenters. The van der Waals surface area contributed by atoms with Gasteiger partial charge in [-0.1, -0.05) is 24.6 Å². The van der Waals surface area contributed by atoms with Crippen molar-refractivity contribution >= 4 is 34.1 Å². The molecule has 0 spiro atoms. The van der Waals surface area contributed by atoms with Crippen LogP contribution in [0.15, 0.2) is 58.4 Å². The fraction of sp³-hybridized carbons (Fsp3) is 0.211. The van der Waals surface area contributed by atoms with Gasteiger partial charge >= 0.3 is 6.18 Å². The van der Waals surface area contributed by atoms with Crippen molar-refractivity contribution in [1.29, 1.82) is 0 Å². The molecule has 7 heteroatoms. The van der Waals surface area contributed by atoms with Gasteiger partial charge in [-0.15, -0.1) is 11.8 Å². The molecule has 0 bridgehead atoms. The van der Waals surface area contributed by atoms with Crippen molar-refractivity contribution in [2.75, 3.05) is 5.75 Å². The van der Waals surface area contributed by atoms with Crippen LogP contribution in [-0.4, -0.2) is 10.3 Å². The zero-order valence-corrected chi connectivity index (χ0v) is 15.4. The van der Waals surface area contributed by atoms with Crippen LogP contribution in [0.1, 0.15) is 18.1 Å². The summed E-state index contributed by atoms with van der Waals surface area (Å²) in [6.07, 6.45) is -2.89. The first-order valence-electron chi connectivity index (χ1n) is 7.91. The van der Waals surface area contributed by atoms with Gasteiger partial charge in [0.1, 0.15) is 0 Å². The number of benzene rings is 2. The molecule has 0 saturated heterocycles. The van der Waals surface area contributed by atoms with E-state index < -0.39 is 17.3 Å². The van der Waals surface area contributed by atoms with Crippen LogP contribution < -0.4 is 5.56 Å². The summed E-state index contributed by atoms with van der Waals surface area (Å²) in [7, 11) is 0. The molecule has 26 heavy (non-hydrogen) atoms. The SMILES string of the molecule is CCSc1ccc(Cl)cc1Cn1ccc2ccc(C(F)(F)F)cc2c1=O. The third-order valence-electron chi connectivity index (χ3n) is 3.97. The van der Waals surface area contributed by atoms with E-state index in [1.165, 1.54) is 10.6 Å². The van der Waals surface area contributed by atoms with Crippen LogP contribution in [0.5, 0.6) is 0 Å². The molecule has 0 amide bonds. The normalized spacial score (nSPS) is 11.9. The molecule has 0 aliphatic heterocycles. The topological polar surface area (TPSA) is 22.0 Å².